The summed E-state index contributed by atoms with van der Waals surface area (Å²) in [4.78, 5) is 0. The van der Waals surface area contributed by atoms with E-state index in [-0.39, 0.29) is 0 Å². The fourth-order valence-corrected chi connectivity index (χ4v) is 3.05. The van der Waals surface area contributed by atoms with Crippen LogP contribution in [0.25, 0.3) is 0 Å². The molecule has 1 nitrogen and oxygen atoms in total. The van der Waals surface area contributed by atoms with Crippen molar-refractivity contribution < 1.29 is 0 Å². The first-order chi connectivity index (χ1) is 7.82. The summed E-state index contributed by atoms with van der Waals surface area (Å²) in [6, 6.07) is 9.03. The molecule has 0 spiro atoms. The number of nitrogens with one attached hydrogen (secondary N) is 1. The fraction of sp³-hybridized carbons (Fsp3) is 0.600. The molecule has 1 aliphatic rings. The van der Waals surface area contributed by atoms with E-state index in [1.807, 2.05) is 0 Å². The molecule has 1 N–H and O–H groups in total. The minimum atomic E-state index is 0.394. The van der Waals surface area contributed by atoms with Crippen LogP contribution in [0.15, 0.2) is 24.3 Å². The summed E-state index contributed by atoms with van der Waals surface area (Å²) >= 11 is 0. The SMILES string of the molecule is CCNCC1(CC)CCCc2ccccc21. The first kappa shape index (κ1) is 11.7. The van der Waals surface area contributed by atoms with Gasteiger partial charge in [0.15, 0.2) is 0 Å². The highest BCUT2D eigenvalue weighted by atomic mass is 14.9. The third-order valence-electron chi connectivity index (χ3n) is 4.08. The van der Waals surface area contributed by atoms with Crippen molar-refractivity contribution in [2.75, 3.05) is 13.1 Å². The first-order valence-electron chi connectivity index (χ1n) is 6.61. The molecule has 1 heteroatoms. The van der Waals surface area contributed by atoms with Crippen molar-refractivity contribution in [2.24, 2.45) is 0 Å². The molecule has 1 unspecified atom stereocenters. The zero-order valence-electron chi connectivity index (χ0n) is 10.6. The van der Waals surface area contributed by atoms with Crippen LogP contribution >= 0.6 is 0 Å². The van der Waals surface area contributed by atoms with E-state index in [1.165, 1.54) is 25.7 Å². The summed E-state index contributed by atoms with van der Waals surface area (Å²) in [5.74, 6) is 0. The Morgan fingerprint density at radius 3 is 2.81 bits per heavy atom. The van der Waals surface area contributed by atoms with Gasteiger partial charge in [-0.2, -0.15) is 0 Å². The van der Waals surface area contributed by atoms with Crippen LogP contribution in [-0.2, 0) is 11.8 Å². The van der Waals surface area contributed by atoms with Crippen molar-refractivity contribution in [3.05, 3.63) is 35.4 Å². The maximum atomic E-state index is 3.55. The Labute approximate surface area is 99.3 Å². The number of hydrogen-bond acceptors (Lipinski definition) is 1. The molecule has 0 aromatic heterocycles. The quantitative estimate of drug-likeness (QED) is 0.816. The predicted molar refractivity (Wildman–Crippen MR) is 69.9 cm³/mol. The summed E-state index contributed by atoms with van der Waals surface area (Å²) in [7, 11) is 0. The van der Waals surface area contributed by atoms with E-state index in [0.717, 1.165) is 13.1 Å². The number of fused-ring (bicyclic) bond motifs is 1. The van der Waals surface area contributed by atoms with Crippen LogP contribution in [0.3, 0.4) is 0 Å². The van der Waals surface area contributed by atoms with Crippen molar-refractivity contribution in [3.63, 3.8) is 0 Å². The normalized spacial score (nSPS) is 24.1. The van der Waals surface area contributed by atoms with Crippen molar-refractivity contribution in [2.45, 2.75) is 44.9 Å². The van der Waals surface area contributed by atoms with Gasteiger partial charge in [0.25, 0.3) is 0 Å². The third kappa shape index (κ3) is 2.01. The van der Waals surface area contributed by atoms with Gasteiger partial charge in [0.05, 0.1) is 0 Å². The molecule has 2 rings (SSSR count). The van der Waals surface area contributed by atoms with Crippen LogP contribution in [0.5, 0.6) is 0 Å². The maximum Gasteiger partial charge on any atom is 0.00780 e. The highest BCUT2D eigenvalue weighted by molar-refractivity contribution is 5.37. The van der Waals surface area contributed by atoms with E-state index < -0.39 is 0 Å². The van der Waals surface area contributed by atoms with Gasteiger partial charge in [0.1, 0.15) is 0 Å². The van der Waals surface area contributed by atoms with Gasteiger partial charge >= 0.3 is 0 Å². The van der Waals surface area contributed by atoms with Crippen LogP contribution < -0.4 is 5.32 Å². The first-order valence-corrected chi connectivity index (χ1v) is 6.61. The number of hydrogen-bond donors (Lipinski definition) is 1. The Morgan fingerprint density at radius 1 is 1.25 bits per heavy atom. The lowest BCUT2D eigenvalue weighted by Gasteiger charge is -2.39. The minimum absolute atomic E-state index is 0.394. The van der Waals surface area contributed by atoms with E-state index in [2.05, 4.69) is 43.4 Å². The van der Waals surface area contributed by atoms with E-state index >= 15 is 0 Å². The average Bonchev–Trinajstić information content (AvgIpc) is 2.36. The van der Waals surface area contributed by atoms with Crippen LogP contribution in [-0.4, -0.2) is 13.1 Å². The third-order valence-corrected chi connectivity index (χ3v) is 4.08. The summed E-state index contributed by atoms with van der Waals surface area (Å²) in [5, 5.41) is 3.55. The number of rotatable bonds is 4. The second-order valence-corrected chi connectivity index (χ2v) is 4.92. The van der Waals surface area contributed by atoms with Gasteiger partial charge in [-0.05, 0) is 43.4 Å². The zero-order valence-corrected chi connectivity index (χ0v) is 10.6. The van der Waals surface area contributed by atoms with Crippen LogP contribution in [0.1, 0.15) is 44.2 Å². The van der Waals surface area contributed by atoms with Crippen LogP contribution in [0.2, 0.25) is 0 Å². The molecule has 16 heavy (non-hydrogen) atoms. The van der Waals surface area contributed by atoms with Gasteiger partial charge < -0.3 is 5.32 Å². The molecule has 1 aliphatic carbocycles. The van der Waals surface area contributed by atoms with Crippen LogP contribution in [0, 0.1) is 0 Å². The summed E-state index contributed by atoms with van der Waals surface area (Å²) in [6.45, 7) is 6.73. The van der Waals surface area contributed by atoms with Gasteiger partial charge in [0.2, 0.25) is 0 Å². The molecule has 0 radical (unpaired) electrons. The van der Waals surface area contributed by atoms with E-state index in [4.69, 9.17) is 0 Å². The van der Waals surface area contributed by atoms with Crippen LogP contribution in [0.4, 0.5) is 0 Å². The number of benzene rings is 1. The molecule has 0 bridgehead atoms. The lowest BCUT2D eigenvalue weighted by Crippen LogP contribution is -2.40. The Hall–Kier alpha value is -0.820. The van der Waals surface area contributed by atoms with Gasteiger partial charge in [-0.3, -0.25) is 0 Å². The smallest absolute Gasteiger partial charge is 0.00780 e. The van der Waals surface area contributed by atoms with Crippen molar-refractivity contribution in [3.8, 4) is 0 Å². The largest absolute Gasteiger partial charge is 0.316 e. The second-order valence-electron chi connectivity index (χ2n) is 4.92. The van der Waals surface area contributed by atoms with E-state index in [9.17, 15) is 0 Å². The van der Waals surface area contributed by atoms with Crippen molar-refractivity contribution in [1.29, 1.82) is 0 Å². The molecular formula is C15H23N. The van der Waals surface area contributed by atoms with Gasteiger partial charge in [-0.25, -0.2) is 0 Å². The summed E-state index contributed by atoms with van der Waals surface area (Å²) in [6.07, 6.45) is 5.20. The van der Waals surface area contributed by atoms with Crippen molar-refractivity contribution in [1.82, 2.24) is 5.32 Å². The molecule has 0 amide bonds. The van der Waals surface area contributed by atoms with Gasteiger partial charge in [-0.1, -0.05) is 38.1 Å². The van der Waals surface area contributed by atoms with Gasteiger partial charge in [-0.15, -0.1) is 0 Å². The summed E-state index contributed by atoms with van der Waals surface area (Å²) in [5.41, 5.74) is 3.57. The molecule has 0 saturated heterocycles. The molecule has 0 heterocycles. The van der Waals surface area contributed by atoms with Gasteiger partial charge in [0, 0.05) is 12.0 Å². The molecule has 88 valence electrons. The Kier molecular flexibility index (Phi) is 3.65. The highest BCUT2D eigenvalue weighted by Gasteiger charge is 2.33. The van der Waals surface area contributed by atoms with E-state index in [1.54, 1.807) is 11.1 Å². The lowest BCUT2D eigenvalue weighted by atomic mass is 9.68. The molecule has 1 aromatic rings. The predicted octanol–water partition coefficient (Wildman–Crippen LogP) is 3.28. The Morgan fingerprint density at radius 2 is 2.06 bits per heavy atom. The Balaban J connectivity index is 2.33. The number of likely N-dealkylation sites (N-methyl/N-ethyl adjacent to an activating group) is 1. The molecule has 1 atom stereocenters. The topological polar surface area (TPSA) is 12.0 Å². The summed E-state index contributed by atoms with van der Waals surface area (Å²) < 4.78 is 0. The standard InChI is InChI=1S/C15H23N/c1-3-15(12-16-4-2)11-7-9-13-8-5-6-10-14(13)15/h5-6,8,10,16H,3-4,7,9,11-12H2,1-2H3. The minimum Gasteiger partial charge on any atom is -0.316 e. The van der Waals surface area contributed by atoms with E-state index in [0.29, 0.717) is 5.41 Å². The molecule has 0 saturated carbocycles. The fourth-order valence-electron chi connectivity index (χ4n) is 3.05. The molecule has 0 fully saturated rings. The monoisotopic (exact) mass is 217 g/mol. The van der Waals surface area contributed by atoms with Crippen molar-refractivity contribution >= 4 is 0 Å². The second kappa shape index (κ2) is 5.01. The lowest BCUT2D eigenvalue weighted by molar-refractivity contribution is 0.330. The molecule has 0 aliphatic heterocycles. The number of aryl methyl sites for hydroxylation is 1. The molecular weight excluding hydrogens is 194 g/mol. The highest BCUT2D eigenvalue weighted by Crippen LogP contribution is 2.39. The zero-order chi connectivity index (χ0) is 11.4. The Bertz CT molecular complexity index is 345. The maximum absolute atomic E-state index is 3.55. The average molecular weight is 217 g/mol. The molecule has 1 aromatic carbocycles.